The van der Waals surface area contributed by atoms with E-state index in [2.05, 4.69) is 9.84 Å². The van der Waals surface area contributed by atoms with Crippen molar-refractivity contribution in [2.75, 3.05) is 13.2 Å². The maximum absolute atomic E-state index is 11.7. The topological polar surface area (TPSA) is 47.3 Å². The van der Waals surface area contributed by atoms with E-state index >= 15 is 0 Å². The van der Waals surface area contributed by atoms with Gasteiger partial charge in [-0.05, 0) is 6.07 Å². The predicted octanol–water partition coefficient (Wildman–Crippen LogP) is 1.13. The molecule has 1 atom stereocenters. The van der Waals surface area contributed by atoms with Crippen molar-refractivity contribution in [2.45, 2.75) is 19.0 Å². The van der Waals surface area contributed by atoms with E-state index in [4.69, 9.17) is 0 Å². The third kappa shape index (κ3) is 3.93. The van der Waals surface area contributed by atoms with Crippen LogP contribution in [0.2, 0.25) is 0 Å². The Hall–Kier alpha value is -1.01. The number of aliphatic hydroxyl groups excluding tert-OH is 1. The van der Waals surface area contributed by atoms with E-state index in [0.717, 1.165) is 0 Å². The van der Waals surface area contributed by atoms with Crippen molar-refractivity contribution in [3.8, 4) is 0 Å². The van der Waals surface area contributed by atoms with Crippen molar-refractivity contribution in [3.05, 3.63) is 18.0 Å². The van der Waals surface area contributed by atoms with E-state index in [1.165, 1.54) is 4.68 Å². The lowest BCUT2D eigenvalue weighted by atomic mass is 10.2. The maximum atomic E-state index is 11.7. The molecule has 1 unspecified atom stereocenters. The highest BCUT2D eigenvalue weighted by Gasteiger charge is 2.11. The quantitative estimate of drug-likeness (QED) is 0.731. The summed E-state index contributed by atoms with van der Waals surface area (Å²) in [5.41, 5.74) is 0.649. The number of aromatic nitrogens is 2. The highest BCUT2D eigenvalue weighted by Crippen LogP contribution is 2.14. The molecule has 0 aliphatic heterocycles. The van der Waals surface area contributed by atoms with E-state index in [0.29, 0.717) is 5.69 Å². The van der Waals surface area contributed by atoms with Crippen molar-refractivity contribution >= 4 is 0 Å². The summed E-state index contributed by atoms with van der Waals surface area (Å²) in [6.45, 7) is -0.477. The molecule has 0 aliphatic carbocycles. The number of ether oxygens (including phenoxy) is 1. The summed E-state index contributed by atoms with van der Waals surface area (Å²) in [5, 5.41) is 13.5. The number of hydrogen-bond donors (Lipinski definition) is 1. The Morgan fingerprint density at radius 1 is 1.60 bits per heavy atom. The van der Waals surface area contributed by atoms with Crippen LogP contribution in [0.5, 0.6) is 0 Å². The minimum Gasteiger partial charge on any atom is -0.387 e. The Bertz CT molecular complexity index is 291. The molecule has 0 radical (unpaired) electrons. The minimum atomic E-state index is -2.46. The lowest BCUT2D eigenvalue weighted by Gasteiger charge is -2.10. The zero-order valence-corrected chi connectivity index (χ0v) is 8.44. The molecule has 15 heavy (non-hydrogen) atoms. The standard InChI is InChI=1S/C9H14F2N2O2/c1-13-7(2-4-12-13)8(14)3-5-15-6-9(10)11/h2,4,8-9,14H,3,5-6H2,1H3. The fourth-order valence-electron chi connectivity index (χ4n) is 1.23. The Morgan fingerprint density at radius 2 is 2.33 bits per heavy atom. The number of nitrogens with zero attached hydrogens (tertiary/aromatic N) is 2. The van der Waals surface area contributed by atoms with Gasteiger partial charge in [0.25, 0.3) is 6.43 Å². The summed E-state index contributed by atoms with van der Waals surface area (Å²) < 4.78 is 29.6. The first kappa shape index (κ1) is 12.1. The van der Waals surface area contributed by atoms with Gasteiger partial charge in [-0.1, -0.05) is 0 Å². The molecule has 0 saturated carbocycles. The van der Waals surface area contributed by atoms with Crippen LogP contribution in [0, 0.1) is 0 Å². The van der Waals surface area contributed by atoms with E-state index in [1.54, 1.807) is 19.3 Å². The van der Waals surface area contributed by atoms with Gasteiger partial charge in [0.2, 0.25) is 0 Å². The first-order valence-electron chi connectivity index (χ1n) is 4.63. The second kappa shape index (κ2) is 5.77. The van der Waals surface area contributed by atoms with Gasteiger partial charge in [-0.3, -0.25) is 4.68 Å². The lowest BCUT2D eigenvalue weighted by molar-refractivity contribution is 0.00403. The number of rotatable bonds is 6. The fourth-order valence-corrected chi connectivity index (χ4v) is 1.23. The van der Waals surface area contributed by atoms with E-state index in [-0.39, 0.29) is 13.0 Å². The first-order chi connectivity index (χ1) is 7.11. The molecule has 0 amide bonds. The highest BCUT2D eigenvalue weighted by molar-refractivity contribution is 5.03. The normalized spacial score (nSPS) is 13.4. The van der Waals surface area contributed by atoms with Gasteiger partial charge in [0, 0.05) is 26.3 Å². The summed E-state index contributed by atoms with van der Waals surface area (Å²) in [7, 11) is 1.71. The first-order valence-corrected chi connectivity index (χ1v) is 4.63. The van der Waals surface area contributed by atoms with Crippen LogP contribution in [0.15, 0.2) is 12.3 Å². The third-order valence-electron chi connectivity index (χ3n) is 1.98. The van der Waals surface area contributed by atoms with E-state index < -0.39 is 19.1 Å². The summed E-state index contributed by atoms with van der Waals surface area (Å²) in [6.07, 6.45) is -1.33. The average Bonchev–Trinajstić information content (AvgIpc) is 2.58. The molecule has 0 aliphatic rings. The summed E-state index contributed by atoms with van der Waals surface area (Å²) >= 11 is 0. The Balaban J connectivity index is 2.25. The average molecular weight is 220 g/mol. The van der Waals surface area contributed by atoms with Crippen LogP contribution in [0.1, 0.15) is 18.2 Å². The van der Waals surface area contributed by atoms with Gasteiger partial charge in [-0.15, -0.1) is 0 Å². The molecule has 1 N–H and O–H groups in total. The summed E-state index contributed by atoms with van der Waals surface area (Å²) in [5.74, 6) is 0. The molecule has 0 fully saturated rings. The van der Waals surface area contributed by atoms with Crippen LogP contribution in [-0.4, -0.2) is 34.5 Å². The van der Waals surface area contributed by atoms with Gasteiger partial charge >= 0.3 is 0 Å². The molecule has 1 aromatic heterocycles. The molecule has 0 bridgehead atoms. The van der Waals surface area contributed by atoms with Gasteiger partial charge in [0.05, 0.1) is 11.8 Å². The van der Waals surface area contributed by atoms with Crippen LogP contribution in [-0.2, 0) is 11.8 Å². The zero-order chi connectivity index (χ0) is 11.3. The lowest BCUT2D eigenvalue weighted by Crippen LogP contribution is -2.10. The minimum absolute atomic E-state index is 0.108. The fraction of sp³-hybridized carbons (Fsp3) is 0.667. The van der Waals surface area contributed by atoms with Crippen LogP contribution in [0.25, 0.3) is 0 Å². The number of halogens is 2. The molecule has 4 nitrogen and oxygen atoms in total. The number of hydrogen-bond acceptors (Lipinski definition) is 3. The largest absolute Gasteiger partial charge is 0.387 e. The summed E-state index contributed by atoms with van der Waals surface area (Å²) in [6, 6.07) is 1.68. The molecule has 0 spiro atoms. The maximum Gasteiger partial charge on any atom is 0.261 e. The third-order valence-corrected chi connectivity index (χ3v) is 1.98. The van der Waals surface area contributed by atoms with Crippen molar-refractivity contribution < 1.29 is 18.6 Å². The predicted molar refractivity (Wildman–Crippen MR) is 49.6 cm³/mol. The SMILES string of the molecule is Cn1nccc1C(O)CCOCC(F)F. The molecule has 0 aromatic carbocycles. The van der Waals surface area contributed by atoms with Crippen molar-refractivity contribution in [1.29, 1.82) is 0 Å². The van der Waals surface area contributed by atoms with Gasteiger partial charge in [-0.25, -0.2) is 8.78 Å². The molecule has 1 heterocycles. The van der Waals surface area contributed by atoms with Crippen molar-refractivity contribution in [3.63, 3.8) is 0 Å². The Morgan fingerprint density at radius 3 is 2.87 bits per heavy atom. The molecular formula is C9H14F2N2O2. The molecule has 1 rings (SSSR count). The smallest absolute Gasteiger partial charge is 0.261 e. The van der Waals surface area contributed by atoms with Crippen LogP contribution in [0.3, 0.4) is 0 Å². The van der Waals surface area contributed by atoms with Gasteiger partial charge in [0.1, 0.15) is 6.61 Å². The monoisotopic (exact) mass is 220 g/mol. The van der Waals surface area contributed by atoms with Crippen LogP contribution >= 0.6 is 0 Å². The Kier molecular flexibility index (Phi) is 4.64. The molecule has 1 aromatic rings. The number of aryl methyl sites for hydroxylation is 1. The van der Waals surface area contributed by atoms with Gasteiger partial charge in [-0.2, -0.15) is 5.10 Å². The second-order valence-electron chi connectivity index (χ2n) is 3.15. The second-order valence-corrected chi connectivity index (χ2v) is 3.15. The zero-order valence-electron chi connectivity index (χ0n) is 8.44. The van der Waals surface area contributed by atoms with Crippen molar-refractivity contribution in [1.82, 2.24) is 9.78 Å². The van der Waals surface area contributed by atoms with Crippen LogP contribution < -0.4 is 0 Å². The number of aliphatic hydroxyl groups is 1. The van der Waals surface area contributed by atoms with Crippen molar-refractivity contribution in [2.24, 2.45) is 7.05 Å². The van der Waals surface area contributed by atoms with E-state index in [9.17, 15) is 13.9 Å². The molecule has 6 heteroatoms. The van der Waals surface area contributed by atoms with Crippen LogP contribution in [0.4, 0.5) is 8.78 Å². The number of alkyl halides is 2. The molecular weight excluding hydrogens is 206 g/mol. The molecule has 86 valence electrons. The van der Waals surface area contributed by atoms with E-state index in [1.807, 2.05) is 0 Å². The van der Waals surface area contributed by atoms with Gasteiger partial charge in [0.15, 0.2) is 0 Å². The molecule has 0 saturated heterocycles. The summed E-state index contributed by atoms with van der Waals surface area (Å²) in [4.78, 5) is 0. The Labute approximate surface area is 86.5 Å². The van der Waals surface area contributed by atoms with Gasteiger partial charge < -0.3 is 9.84 Å². The highest BCUT2D eigenvalue weighted by atomic mass is 19.3.